The van der Waals surface area contributed by atoms with Gasteiger partial charge in [-0.25, -0.2) is 0 Å². The Hall–Kier alpha value is -2.13. The molecule has 1 fully saturated rings. The first kappa shape index (κ1) is 14.8. The van der Waals surface area contributed by atoms with Crippen LogP contribution in [0.3, 0.4) is 0 Å². The van der Waals surface area contributed by atoms with Crippen LogP contribution in [0.25, 0.3) is 11.1 Å². The summed E-state index contributed by atoms with van der Waals surface area (Å²) < 4.78 is 0. The molecule has 1 aliphatic heterocycles. The first-order valence-electron chi connectivity index (χ1n) is 7.82. The molecule has 1 N–H and O–H groups in total. The molecule has 2 aromatic rings. The zero-order chi connectivity index (χ0) is 15.4. The third kappa shape index (κ3) is 3.55. The maximum Gasteiger partial charge on any atom is 0.307 e. The van der Waals surface area contributed by atoms with Gasteiger partial charge in [0.1, 0.15) is 0 Å². The molecule has 3 heteroatoms. The number of nitrogens with zero attached hydrogens (tertiary/aromatic N) is 1. The first-order chi connectivity index (χ1) is 10.7. The van der Waals surface area contributed by atoms with Crippen LogP contribution in [-0.2, 0) is 11.3 Å². The Kier molecular flexibility index (Phi) is 4.54. The summed E-state index contributed by atoms with van der Waals surface area (Å²) >= 11 is 0. The van der Waals surface area contributed by atoms with Crippen molar-refractivity contribution in [1.29, 1.82) is 0 Å². The van der Waals surface area contributed by atoms with E-state index in [1.165, 1.54) is 16.7 Å². The number of carboxylic acid groups (broad SMARTS) is 1. The van der Waals surface area contributed by atoms with Gasteiger partial charge in [0.25, 0.3) is 0 Å². The lowest BCUT2D eigenvalue weighted by Gasteiger charge is -2.30. The Labute approximate surface area is 131 Å². The van der Waals surface area contributed by atoms with E-state index in [1.807, 2.05) is 18.2 Å². The molecule has 1 heterocycles. The minimum Gasteiger partial charge on any atom is -0.481 e. The number of hydrogen-bond donors (Lipinski definition) is 1. The molecule has 0 aromatic heterocycles. The summed E-state index contributed by atoms with van der Waals surface area (Å²) in [6.45, 7) is 2.48. The van der Waals surface area contributed by atoms with E-state index in [0.29, 0.717) is 6.54 Å². The van der Waals surface area contributed by atoms with Crippen LogP contribution in [0.4, 0.5) is 0 Å². The van der Waals surface area contributed by atoms with Gasteiger partial charge in [-0.05, 0) is 36.1 Å². The van der Waals surface area contributed by atoms with E-state index in [2.05, 4.69) is 41.3 Å². The highest BCUT2D eigenvalue weighted by Crippen LogP contribution is 2.22. The molecule has 1 saturated heterocycles. The summed E-state index contributed by atoms with van der Waals surface area (Å²) in [6.07, 6.45) is 1.78. The van der Waals surface area contributed by atoms with Gasteiger partial charge in [0, 0.05) is 13.1 Å². The van der Waals surface area contributed by atoms with Crippen molar-refractivity contribution < 1.29 is 9.90 Å². The number of aliphatic carboxylic acids is 1. The number of carboxylic acids is 1. The van der Waals surface area contributed by atoms with Crippen molar-refractivity contribution in [3.05, 3.63) is 60.2 Å². The fourth-order valence-electron chi connectivity index (χ4n) is 3.09. The monoisotopic (exact) mass is 295 g/mol. The van der Waals surface area contributed by atoms with Gasteiger partial charge in [-0.2, -0.15) is 0 Å². The van der Waals surface area contributed by atoms with Gasteiger partial charge in [-0.1, -0.05) is 54.6 Å². The second-order valence-electron chi connectivity index (χ2n) is 5.98. The quantitative estimate of drug-likeness (QED) is 0.936. The second kappa shape index (κ2) is 6.75. The largest absolute Gasteiger partial charge is 0.481 e. The molecule has 0 amide bonds. The van der Waals surface area contributed by atoms with Crippen molar-refractivity contribution in [2.45, 2.75) is 19.4 Å². The smallest absolute Gasteiger partial charge is 0.307 e. The molecule has 0 bridgehead atoms. The van der Waals surface area contributed by atoms with E-state index < -0.39 is 5.97 Å². The standard InChI is InChI=1S/C19H21NO2/c21-19(22)18-7-4-12-20(14-18)13-15-8-10-17(11-9-15)16-5-2-1-3-6-16/h1-3,5-6,8-11,18H,4,7,12-14H2,(H,21,22)/t18-/m1/s1. The second-order valence-corrected chi connectivity index (χ2v) is 5.98. The predicted octanol–water partition coefficient (Wildman–Crippen LogP) is 3.65. The van der Waals surface area contributed by atoms with E-state index in [0.717, 1.165) is 25.9 Å². The number of benzene rings is 2. The van der Waals surface area contributed by atoms with Gasteiger partial charge in [-0.15, -0.1) is 0 Å². The Bertz CT molecular complexity index is 622. The van der Waals surface area contributed by atoms with Crippen LogP contribution in [0.1, 0.15) is 18.4 Å². The molecule has 114 valence electrons. The Morgan fingerprint density at radius 3 is 2.41 bits per heavy atom. The average molecular weight is 295 g/mol. The highest BCUT2D eigenvalue weighted by molar-refractivity contribution is 5.70. The van der Waals surface area contributed by atoms with Gasteiger partial charge >= 0.3 is 5.97 Å². The maximum atomic E-state index is 11.1. The number of hydrogen-bond acceptors (Lipinski definition) is 2. The zero-order valence-electron chi connectivity index (χ0n) is 12.6. The molecule has 0 aliphatic carbocycles. The Morgan fingerprint density at radius 1 is 1.05 bits per heavy atom. The van der Waals surface area contributed by atoms with Crippen LogP contribution in [0.15, 0.2) is 54.6 Å². The van der Waals surface area contributed by atoms with E-state index in [1.54, 1.807) is 0 Å². The molecule has 3 nitrogen and oxygen atoms in total. The van der Waals surface area contributed by atoms with Crippen molar-refractivity contribution >= 4 is 5.97 Å². The lowest BCUT2D eigenvalue weighted by atomic mass is 9.97. The molecule has 3 rings (SSSR count). The molecule has 22 heavy (non-hydrogen) atoms. The summed E-state index contributed by atoms with van der Waals surface area (Å²) in [5.41, 5.74) is 3.68. The lowest BCUT2D eigenvalue weighted by Crippen LogP contribution is -2.38. The molecule has 0 radical (unpaired) electrons. The van der Waals surface area contributed by atoms with Gasteiger partial charge in [-0.3, -0.25) is 9.69 Å². The SMILES string of the molecule is O=C(O)[C@@H]1CCCN(Cc2ccc(-c3ccccc3)cc2)C1. The van der Waals surface area contributed by atoms with Crippen LogP contribution in [0, 0.1) is 5.92 Å². The summed E-state index contributed by atoms with van der Waals surface area (Å²) in [5.74, 6) is -0.874. The third-order valence-electron chi connectivity index (χ3n) is 4.32. The van der Waals surface area contributed by atoms with Gasteiger partial charge in [0.2, 0.25) is 0 Å². The number of carbonyl (C=O) groups is 1. The van der Waals surface area contributed by atoms with Crippen LogP contribution >= 0.6 is 0 Å². The van der Waals surface area contributed by atoms with Gasteiger partial charge in [0.05, 0.1) is 5.92 Å². The topological polar surface area (TPSA) is 40.5 Å². The number of rotatable bonds is 4. The average Bonchev–Trinajstić information content (AvgIpc) is 2.56. The highest BCUT2D eigenvalue weighted by atomic mass is 16.4. The predicted molar refractivity (Wildman–Crippen MR) is 87.5 cm³/mol. The Morgan fingerprint density at radius 2 is 1.73 bits per heavy atom. The summed E-state index contributed by atoms with van der Waals surface area (Å²) in [5, 5.41) is 9.16. The van der Waals surface area contributed by atoms with Crippen molar-refractivity contribution in [2.24, 2.45) is 5.92 Å². The summed E-state index contributed by atoms with van der Waals surface area (Å²) in [4.78, 5) is 13.4. The summed E-state index contributed by atoms with van der Waals surface area (Å²) in [6, 6.07) is 18.9. The van der Waals surface area contributed by atoms with E-state index in [4.69, 9.17) is 5.11 Å². The molecule has 0 unspecified atom stereocenters. The van der Waals surface area contributed by atoms with E-state index >= 15 is 0 Å². The third-order valence-corrected chi connectivity index (χ3v) is 4.32. The first-order valence-corrected chi connectivity index (χ1v) is 7.82. The van der Waals surface area contributed by atoms with Crippen LogP contribution in [-0.4, -0.2) is 29.1 Å². The molecule has 1 aliphatic rings. The molecule has 0 saturated carbocycles. The zero-order valence-corrected chi connectivity index (χ0v) is 12.6. The Balaban J connectivity index is 1.65. The van der Waals surface area contributed by atoms with Crippen molar-refractivity contribution in [1.82, 2.24) is 4.90 Å². The highest BCUT2D eigenvalue weighted by Gasteiger charge is 2.25. The summed E-state index contributed by atoms with van der Waals surface area (Å²) in [7, 11) is 0. The fraction of sp³-hybridized carbons (Fsp3) is 0.316. The number of likely N-dealkylation sites (tertiary alicyclic amines) is 1. The van der Waals surface area contributed by atoms with Crippen LogP contribution in [0.2, 0.25) is 0 Å². The molecule has 2 aromatic carbocycles. The van der Waals surface area contributed by atoms with Crippen LogP contribution < -0.4 is 0 Å². The van der Waals surface area contributed by atoms with Crippen LogP contribution in [0.5, 0.6) is 0 Å². The normalized spacial score (nSPS) is 19.0. The van der Waals surface area contributed by atoms with Crippen molar-refractivity contribution in [2.75, 3.05) is 13.1 Å². The molecular weight excluding hydrogens is 274 g/mol. The number of piperidine rings is 1. The molecular formula is C19H21NO2. The maximum absolute atomic E-state index is 11.1. The van der Waals surface area contributed by atoms with Gasteiger partial charge < -0.3 is 5.11 Å². The minimum atomic E-state index is -0.663. The van der Waals surface area contributed by atoms with E-state index in [-0.39, 0.29) is 5.92 Å². The fourth-order valence-corrected chi connectivity index (χ4v) is 3.09. The molecule has 0 spiro atoms. The lowest BCUT2D eigenvalue weighted by molar-refractivity contribution is -0.143. The van der Waals surface area contributed by atoms with Crippen molar-refractivity contribution in [3.63, 3.8) is 0 Å². The van der Waals surface area contributed by atoms with Crippen molar-refractivity contribution in [3.8, 4) is 11.1 Å². The molecule has 1 atom stereocenters. The minimum absolute atomic E-state index is 0.211. The van der Waals surface area contributed by atoms with Gasteiger partial charge in [0.15, 0.2) is 0 Å². The van der Waals surface area contributed by atoms with E-state index in [9.17, 15) is 4.79 Å².